The number of aliphatic hydroxyl groups excluding tert-OH is 2. The maximum atomic E-state index is 12.4. The summed E-state index contributed by atoms with van der Waals surface area (Å²) >= 11 is 0. The molecule has 4 heteroatoms. The van der Waals surface area contributed by atoms with Crippen LogP contribution in [-0.2, 0) is 4.79 Å². The summed E-state index contributed by atoms with van der Waals surface area (Å²) in [6.07, 6.45) is 68.7. The van der Waals surface area contributed by atoms with E-state index in [1.807, 2.05) is 6.08 Å². The lowest BCUT2D eigenvalue weighted by molar-refractivity contribution is -0.123. The van der Waals surface area contributed by atoms with Crippen LogP contribution in [-0.4, -0.2) is 34.9 Å². The van der Waals surface area contributed by atoms with Gasteiger partial charge in [-0.2, -0.15) is 0 Å². The van der Waals surface area contributed by atoms with E-state index >= 15 is 0 Å². The Labute approximate surface area is 370 Å². The fraction of sp³-hybridized carbons (Fsp3) is 0.873. The molecular weight excluding hydrogens is 723 g/mol. The number of aliphatic hydroxyl groups is 2. The minimum absolute atomic E-state index is 0.0726. The summed E-state index contributed by atoms with van der Waals surface area (Å²) in [5.41, 5.74) is 0. The van der Waals surface area contributed by atoms with Gasteiger partial charge in [0, 0.05) is 6.42 Å². The molecule has 0 fully saturated rings. The van der Waals surface area contributed by atoms with E-state index in [0.29, 0.717) is 6.42 Å². The highest BCUT2D eigenvalue weighted by molar-refractivity contribution is 5.76. The number of carbonyl (C=O) groups excluding carboxylic acids is 1. The quantitative estimate of drug-likeness (QED) is 0.0423. The molecule has 348 valence electrons. The third-order valence-corrected chi connectivity index (χ3v) is 12.4. The number of nitrogens with one attached hydrogen (secondary N) is 1. The molecule has 1 amide bonds. The molecule has 59 heavy (non-hydrogen) atoms. The third-order valence-electron chi connectivity index (χ3n) is 12.4. The van der Waals surface area contributed by atoms with Gasteiger partial charge in [0.15, 0.2) is 0 Å². The van der Waals surface area contributed by atoms with Gasteiger partial charge in [-0.3, -0.25) is 4.79 Å². The number of carbonyl (C=O) groups is 1. The van der Waals surface area contributed by atoms with Gasteiger partial charge < -0.3 is 15.5 Å². The van der Waals surface area contributed by atoms with Crippen LogP contribution in [0.3, 0.4) is 0 Å². The minimum atomic E-state index is -0.868. The second-order valence-electron chi connectivity index (χ2n) is 18.3. The SMILES string of the molecule is CCCCCCCCCCCCCCC/C=C/CC/C=C/CC/C=C/C(O)C(CO)NC(=O)CCCCCCCCCCCCCCCCCCCCCCCCCC. The van der Waals surface area contributed by atoms with Crippen LogP contribution in [0.5, 0.6) is 0 Å². The summed E-state index contributed by atoms with van der Waals surface area (Å²) in [6.45, 7) is 4.32. The van der Waals surface area contributed by atoms with Crippen molar-refractivity contribution in [1.82, 2.24) is 5.32 Å². The number of allylic oxidation sites excluding steroid dienone is 5. The molecule has 0 aromatic carbocycles. The van der Waals surface area contributed by atoms with E-state index in [1.165, 1.54) is 231 Å². The van der Waals surface area contributed by atoms with E-state index in [4.69, 9.17) is 0 Å². The van der Waals surface area contributed by atoms with E-state index in [0.717, 1.165) is 38.5 Å². The normalized spacial score (nSPS) is 13.1. The van der Waals surface area contributed by atoms with Crippen molar-refractivity contribution in [2.45, 2.75) is 302 Å². The average Bonchev–Trinajstić information content (AvgIpc) is 3.24. The lowest BCUT2D eigenvalue weighted by atomic mass is 10.0. The zero-order valence-corrected chi connectivity index (χ0v) is 40.0. The fourth-order valence-electron chi connectivity index (χ4n) is 8.27. The molecule has 2 atom stereocenters. The Kier molecular flexibility index (Phi) is 49.8. The molecule has 0 saturated carbocycles. The molecule has 0 aliphatic rings. The number of unbranched alkanes of at least 4 members (excludes halogenated alkanes) is 38. The van der Waals surface area contributed by atoms with Crippen molar-refractivity contribution in [2.24, 2.45) is 0 Å². The van der Waals surface area contributed by atoms with Gasteiger partial charge in [-0.05, 0) is 44.9 Å². The molecule has 0 aromatic rings. The van der Waals surface area contributed by atoms with E-state index in [-0.39, 0.29) is 12.5 Å². The lowest BCUT2D eigenvalue weighted by Crippen LogP contribution is -2.45. The third kappa shape index (κ3) is 47.5. The first kappa shape index (κ1) is 57.6. The smallest absolute Gasteiger partial charge is 0.220 e. The molecule has 0 aliphatic carbocycles. The first-order valence-electron chi connectivity index (χ1n) is 26.7. The number of hydrogen-bond donors (Lipinski definition) is 3. The largest absolute Gasteiger partial charge is 0.394 e. The first-order chi connectivity index (χ1) is 29.2. The number of amides is 1. The van der Waals surface area contributed by atoms with E-state index < -0.39 is 12.1 Å². The molecule has 0 bridgehead atoms. The average molecular weight is 828 g/mol. The van der Waals surface area contributed by atoms with Crippen molar-refractivity contribution in [3.63, 3.8) is 0 Å². The monoisotopic (exact) mass is 828 g/mol. The topological polar surface area (TPSA) is 69.6 Å². The summed E-state index contributed by atoms with van der Waals surface area (Å²) in [4.78, 5) is 12.4. The van der Waals surface area contributed by atoms with Crippen molar-refractivity contribution in [2.75, 3.05) is 6.61 Å². The summed E-state index contributed by atoms with van der Waals surface area (Å²) in [5, 5.41) is 23.1. The van der Waals surface area contributed by atoms with Gasteiger partial charge in [0.2, 0.25) is 5.91 Å². The van der Waals surface area contributed by atoms with Crippen molar-refractivity contribution < 1.29 is 15.0 Å². The van der Waals surface area contributed by atoms with E-state index in [2.05, 4.69) is 43.5 Å². The van der Waals surface area contributed by atoms with Crippen LogP contribution in [0.15, 0.2) is 36.5 Å². The standard InChI is InChI=1S/C55H105NO3/c1-3-5-7-9-11-13-15-17-19-21-23-25-27-29-31-33-35-37-39-41-43-45-47-49-51-55(59)56-53(52-57)54(58)50-48-46-44-42-40-38-36-34-32-30-28-26-24-22-20-18-16-14-12-10-8-6-4-2/h32,34,40,42,48,50,53-54,57-58H,3-31,33,35-39,41,43-47,49,51-52H2,1-2H3,(H,56,59)/b34-32+,42-40+,50-48+. The zero-order chi connectivity index (χ0) is 42.8. The van der Waals surface area contributed by atoms with E-state index in [9.17, 15) is 15.0 Å². The molecular formula is C55H105NO3. The van der Waals surface area contributed by atoms with Crippen LogP contribution >= 0.6 is 0 Å². The highest BCUT2D eigenvalue weighted by Gasteiger charge is 2.17. The second kappa shape index (κ2) is 51.0. The van der Waals surface area contributed by atoms with Crippen molar-refractivity contribution >= 4 is 5.91 Å². The molecule has 2 unspecified atom stereocenters. The molecule has 0 heterocycles. The molecule has 4 nitrogen and oxygen atoms in total. The van der Waals surface area contributed by atoms with Gasteiger partial charge in [-0.25, -0.2) is 0 Å². The Morgan fingerprint density at radius 1 is 0.390 bits per heavy atom. The Morgan fingerprint density at radius 2 is 0.661 bits per heavy atom. The van der Waals surface area contributed by atoms with Crippen LogP contribution < -0.4 is 5.32 Å². The van der Waals surface area contributed by atoms with Crippen LogP contribution in [0.25, 0.3) is 0 Å². The molecule has 0 saturated heterocycles. The Hall–Kier alpha value is -1.39. The van der Waals surface area contributed by atoms with Gasteiger partial charge in [0.25, 0.3) is 0 Å². The van der Waals surface area contributed by atoms with Crippen LogP contribution in [0.1, 0.15) is 290 Å². The van der Waals surface area contributed by atoms with Crippen molar-refractivity contribution in [3.8, 4) is 0 Å². The fourth-order valence-corrected chi connectivity index (χ4v) is 8.27. The van der Waals surface area contributed by atoms with E-state index in [1.54, 1.807) is 6.08 Å². The molecule has 0 aliphatic heterocycles. The second-order valence-corrected chi connectivity index (χ2v) is 18.3. The van der Waals surface area contributed by atoms with Crippen LogP contribution in [0.4, 0.5) is 0 Å². The number of hydrogen-bond acceptors (Lipinski definition) is 3. The van der Waals surface area contributed by atoms with Crippen LogP contribution in [0, 0.1) is 0 Å². The summed E-state index contributed by atoms with van der Waals surface area (Å²) in [5.74, 6) is -0.0726. The predicted molar refractivity (Wildman–Crippen MR) is 262 cm³/mol. The number of rotatable bonds is 49. The molecule has 0 rings (SSSR count). The Bertz CT molecular complexity index is 897. The van der Waals surface area contributed by atoms with Gasteiger partial charge in [-0.15, -0.1) is 0 Å². The molecule has 0 aromatic heterocycles. The highest BCUT2D eigenvalue weighted by Crippen LogP contribution is 2.17. The van der Waals surface area contributed by atoms with Gasteiger partial charge >= 0.3 is 0 Å². The van der Waals surface area contributed by atoms with Crippen molar-refractivity contribution in [3.05, 3.63) is 36.5 Å². The van der Waals surface area contributed by atoms with Gasteiger partial charge in [0.05, 0.1) is 18.8 Å². The predicted octanol–water partition coefficient (Wildman–Crippen LogP) is 17.3. The minimum Gasteiger partial charge on any atom is -0.394 e. The van der Waals surface area contributed by atoms with Crippen molar-refractivity contribution in [1.29, 1.82) is 0 Å². The maximum absolute atomic E-state index is 12.4. The summed E-state index contributed by atoms with van der Waals surface area (Å²) in [6, 6.07) is -0.643. The van der Waals surface area contributed by atoms with Gasteiger partial charge in [-0.1, -0.05) is 275 Å². The molecule has 3 N–H and O–H groups in total. The summed E-state index contributed by atoms with van der Waals surface area (Å²) < 4.78 is 0. The molecule has 0 spiro atoms. The van der Waals surface area contributed by atoms with Crippen LogP contribution in [0.2, 0.25) is 0 Å². The lowest BCUT2D eigenvalue weighted by Gasteiger charge is -2.19. The maximum Gasteiger partial charge on any atom is 0.220 e. The summed E-state index contributed by atoms with van der Waals surface area (Å²) in [7, 11) is 0. The Balaban J connectivity index is 3.54. The van der Waals surface area contributed by atoms with Gasteiger partial charge in [0.1, 0.15) is 0 Å². The molecule has 0 radical (unpaired) electrons. The Morgan fingerprint density at radius 3 is 0.983 bits per heavy atom. The highest BCUT2D eigenvalue weighted by atomic mass is 16.3. The zero-order valence-electron chi connectivity index (χ0n) is 40.0. The first-order valence-corrected chi connectivity index (χ1v) is 26.7.